The molecule has 1 N–H and O–H groups in total. The second-order valence-electron chi connectivity index (χ2n) is 9.58. The van der Waals surface area contributed by atoms with Gasteiger partial charge in [0.15, 0.2) is 13.9 Å². The monoisotopic (exact) mass is 501 g/mol. The molecule has 190 valence electrons. The van der Waals surface area contributed by atoms with E-state index in [0.717, 1.165) is 5.56 Å². The second kappa shape index (κ2) is 12.1. The summed E-state index contributed by atoms with van der Waals surface area (Å²) in [6.45, 7) is 15.0. The zero-order valence-corrected chi connectivity index (χ0v) is 22.7. The van der Waals surface area contributed by atoms with Crippen molar-refractivity contribution in [1.82, 2.24) is 0 Å². The van der Waals surface area contributed by atoms with Crippen molar-refractivity contribution in [1.29, 1.82) is 0 Å². The fourth-order valence-corrected chi connectivity index (χ4v) is 3.83. The molecule has 0 amide bonds. The highest BCUT2D eigenvalue weighted by Crippen LogP contribution is 2.37. The molecule has 8 heteroatoms. The molecule has 6 nitrogen and oxygen atoms in total. The second-order valence-corrected chi connectivity index (χ2v) is 14.4. The van der Waals surface area contributed by atoms with Crippen molar-refractivity contribution in [3.05, 3.63) is 65.6 Å². The molecule has 2 rings (SSSR count). The van der Waals surface area contributed by atoms with Crippen molar-refractivity contribution in [3.63, 3.8) is 0 Å². The maximum Gasteiger partial charge on any atom is 0.347 e. The van der Waals surface area contributed by atoms with Crippen LogP contribution in [0.4, 0.5) is 10.1 Å². The van der Waals surface area contributed by atoms with Gasteiger partial charge in [0, 0.05) is 17.5 Å². The first-order chi connectivity index (χ1) is 16.4. The van der Waals surface area contributed by atoms with Crippen LogP contribution in [0.1, 0.15) is 40.2 Å². The van der Waals surface area contributed by atoms with Crippen LogP contribution in [0.25, 0.3) is 11.1 Å². The Morgan fingerprint density at radius 3 is 2.06 bits per heavy atom. The molecule has 0 radical (unpaired) electrons. The van der Waals surface area contributed by atoms with E-state index in [1.165, 1.54) is 18.3 Å². The lowest BCUT2D eigenvalue weighted by Gasteiger charge is -2.36. The Bertz CT molecular complexity index is 1040. The van der Waals surface area contributed by atoms with Crippen LogP contribution >= 0.6 is 0 Å². The summed E-state index contributed by atoms with van der Waals surface area (Å²) in [7, 11) is -1.87. The Balaban J connectivity index is 2.22. The van der Waals surface area contributed by atoms with Gasteiger partial charge in [-0.2, -0.15) is 0 Å². The fraction of sp³-hybridized carbons (Fsp3) is 0.407. The number of anilines is 1. The number of carbonyl (C=O) groups is 2. The summed E-state index contributed by atoms with van der Waals surface area (Å²) in [6, 6.07) is 12.0. The Labute approximate surface area is 208 Å². The lowest BCUT2D eigenvalue weighted by atomic mass is 10.0. The minimum Gasteiger partial charge on any atom is -0.462 e. The molecule has 0 aliphatic rings. The molecular formula is C27H36FNO5Si. The molecular weight excluding hydrogens is 465 g/mol. The molecule has 2 aromatic rings. The number of halogens is 1. The van der Waals surface area contributed by atoms with Crippen LogP contribution in [0.3, 0.4) is 0 Å². The molecule has 35 heavy (non-hydrogen) atoms. The standard InChI is InChI=1S/C27H36FNO5Si/c1-8-32-25(30)23(26(31)33-9-2)17-29-21-14-15-24(28)22(16-21)20-12-10-19(11-13-20)18-34-35(6,7)27(3,4)5/h10-17,29H,8-9,18H2,1-7H3. The van der Waals surface area contributed by atoms with E-state index in [9.17, 15) is 14.0 Å². The topological polar surface area (TPSA) is 73.9 Å². The molecule has 0 saturated carbocycles. The van der Waals surface area contributed by atoms with Gasteiger partial charge in [-0.15, -0.1) is 0 Å². The van der Waals surface area contributed by atoms with Gasteiger partial charge in [-0.3, -0.25) is 0 Å². The Hall–Kier alpha value is -2.97. The average Bonchev–Trinajstić information content (AvgIpc) is 2.79. The average molecular weight is 502 g/mol. The Kier molecular flexibility index (Phi) is 9.79. The summed E-state index contributed by atoms with van der Waals surface area (Å²) < 4.78 is 30.8. The molecule has 0 atom stereocenters. The van der Waals surface area contributed by atoms with Crippen LogP contribution in [-0.4, -0.2) is 33.5 Å². The minimum absolute atomic E-state index is 0.118. The zero-order valence-electron chi connectivity index (χ0n) is 21.7. The van der Waals surface area contributed by atoms with Crippen LogP contribution in [0.15, 0.2) is 54.2 Å². The zero-order chi connectivity index (χ0) is 26.2. The van der Waals surface area contributed by atoms with E-state index in [0.29, 0.717) is 23.4 Å². The van der Waals surface area contributed by atoms with E-state index in [2.05, 4.69) is 39.2 Å². The molecule has 0 spiro atoms. The van der Waals surface area contributed by atoms with Crippen molar-refractivity contribution in [2.45, 2.75) is 59.4 Å². The number of carbonyl (C=O) groups excluding carboxylic acids is 2. The third-order valence-corrected chi connectivity index (χ3v) is 10.5. The van der Waals surface area contributed by atoms with E-state index in [-0.39, 0.29) is 29.6 Å². The predicted octanol–water partition coefficient (Wildman–Crippen LogP) is 6.44. The van der Waals surface area contributed by atoms with Crippen LogP contribution in [0.5, 0.6) is 0 Å². The third kappa shape index (κ3) is 7.76. The largest absolute Gasteiger partial charge is 0.462 e. The SMILES string of the molecule is CCOC(=O)C(=CNc1ccc(F)c(-c2ccc(CO[Si](C)(C)C(C)(C)C)cc2)c1)C(=O)OCC. The van der Waals surface area contributed by atoms with Gasteiger partial charge in [-0.1, -0.05) is 45.0 Å². The van der Waals surface area contributed by atoms with Crippen LogP contribution in [-0.2, 0) is 30.1 Å². The number of hydrogen-bond donors (Lipinski definition) is 1. The van der Waals surface area contributed by atoms with Gasteiger partial charge in [0.05, 0.1) is 19.8 Å². The van der Waals surface area contributed by atoms with Crippen molar-refractivity contribution in [2.75, 3.05) is 18.5 Å². The highest BCUT2D eigenvalue weighted by molar-refractivity contribution is 6.74. The molecule has 0 aliphatic heterocycles. The summed E-state index contributed by atoms with van der Waals surface area (Å²) in [4.78, 5) is 24.3. The minimum atomic E-state index is -1.87. The van der Waals surface area contributed by atoms with Crippen molar-refractivity contribution < 1.29 is 27.9 Å². The number of ether oxygens (including phenoxy) is 2. The maximum absolute atomic E-state index is 14.6. The van der Waals surface area contributed by atoms with Gasteiger partial charge in [-0.05, 0) is 61.3 Å². The molecule has 0 saturated heterocycles. The molecule has 0 aromatic heterocycles. The number of benzene rings is 2. The fourth-order valence-electron chi connectivity index (χ4n) is 2.87. The van der Waals surface area contributed by atoms with Gasteiger partial charge in [0.1, 0.15) is 5.82 Å². The van der Waals surface area contributed by atoms with E-state index >= 15 is 0 Å². The molecule has 0 aliphatic carbocycles. The molecule has 0 heterocycles. The predicted molar refractivity (Wildman–Crippen MR) is 139 cm³/mol. The van der Waals surface area contributed by atoms with Crippen molar-refractivity contribution in [3.8, 4) is 11.1 Å². The summed E-state index contributed by atoms with van der Waals surface area (Å²) in [6.07, 6.45) is 1.22. The summed E-state index contributed by atoms with van der Waals surface area (Å²) in [5.74, 6) is -1.98. The summed E-state index contributed by atoms with van der Waals surface area (Å²) in [5.41, 5.74) is 2.32. The van der Waals surface area contributed by atoms with Crippen molar-refractivity contribution in [2.24, 2.45) is 0 Å². The molecule has 0 unspecified atom stereocenters. The van der Waals surface area contributed by atoms with E-state index in [4.69, 9.17) is 13.9 Å². The van der Waals surface area contributed by atoms with Crippen LogP contribution in [0.2, 0.25) is 18.1 Å². The first-order valence-electron chi connectivity index (χ1n) is 11.7. The number of hydrogen-bond acceptors (Lipinski definition) is 6. The first-order valence-corrected chi connectivity index (χ1v) is 14.6. The smallest absolute Gasteiger partial charge is 0.347 e. The van der Waals surface area contributed by atoms with Crippen molar-refractivity contribution >= 4 is 25.9 Å². The van der Waals surface area contributed by atoms with Crippen LogP contribution in [0, 0.1) is 5.82 Å². The van der Waals surface area contributed by atoms with Gasteiger partial charge in [0.2, 0.25) is 0 Å². The van der Waals surface area contributed by atoms with Gasteiger partial charge >= 0.3 is 11.9 Å². The quantitative estimate of drug-likeness (QED) is 0.133. The number of esters is 2. The van der Waals surface area contributed by atoms with E-state index in [1.807, 2.05) is 24.3 Å². The van der Waals surface area contributed by atoms with Gasteiger partial charge < -0.3 is 19.2 Å². The van der Waals surface area contributed by atoms with Gasteiger partial charge in [0.25, 0.3) is 0 Å². The summed E-state index contributed by atoms with van der Waals surface area (Å²) in [5, 5.41) is 3.00. The Morgan fingerprint density at radius 2 is 1.54 bits per heavy atom. The summed E-state index contributed by atoms with van der Waals surface area (Å²) >= 11 is 0. The molecule has 0 bridgehead atoms. The number of rotatable bonds is 10. The highest BCUT2D eigenvalue weighted by Gasteiger charge is 2.37. The maximum atomic E-state index is 14.6. The Morgan fingerprint density at radius 1 is 0.971 bits per heavy atom. The number of nitrogens with one attached hydrogen (secondary N) is 1. The lowest BCUT2D eigenvalue weighted by molar-refractivity contribution is -0.146. The lowest BCUT2D eigenvalue weighted by Crippen LogP contribution is -2.40. The molecule has 2 aromatic carbocycles. The third-order valence-electron chi connectivity index (χ3n) is 6.01. The normalized spacial score (nSPS) is 11.5. The molecule has 0 fully saturated rings. The van der Waals surface area contributed by atoms with E-state index in [1.54, 1.807) is 19.9 Å². The van der Waals surface area contributed by atoms with Crippen LogP contribution < -0.4 is 5.32 Å². The van der Waals surface area contributed by atoms with E-state index < -0.39 is 20.3 Å². The highest BCUT2D eigenvalue weighted by atomic mass is 28.4. The first kappa shape index (κ1) is 28.3. The van der Waals surface area contributed by atoms with Gasteiger partial charge in [-0.25, -0.2) is 14.0 Å².